The van der Waals surface area contributed by atoms with Gasteiger partial charge >= 0.3 is 6.09 Å². The lowest BCUT2D eigenvalue weighted by Crippen LogP contribution is -2.46. The number of para-hydroxylation sites is 2. The lowest BCUT2D eigenvalue weighted by atomic mass is 10.1. The number of likely N-dealkylation sites (tertiary alicyclic amines) is 2. The van der Waals surface area contributed by atoms with Gasteiger partial charge in [-0.3, -0.25) is 15.1 Å². The van der Waals surface area contributed by atoms with E-state index in [4.69, 9.17) is 9.47 Å². The molecule has 1 N–H and O–H groups in total. The highest BCUT2D eigenvalue weighted by Crippen LogP contribution is 2.25. The number of anilines is 1. The van der Waals surface area contributed by atoms with Gasteiger partial charge in [0.2, 0.25) is 0 Å². The van der Waals surface area contributed by atoms with E-state index < -0.39 is 0 Å². The molecular formula is C28H49Cl2N3O3. The Bertz CT molecular complexity index is 678. The largest absolute Gasteiger partial charge is 0.491 e. The molecular weight excluding hydrogens is 497 g/mol. The fourth-order valence-electron chi connectivity index (χ4n) is 5.04. The van der Waals surface area contributed by atoms with E-state index in [0.717, 1.165) is 51.4 Å². The highest BCUT2D eigenvalue weighted by Gasteiger charge is 2.24. The third kappa shape index (κ3) is 12.8. The van der Waals surface area contributed by atoms with Crippen molar-refractivity contribution in [2.45, 2.75) is 90.1 Å². The summed E-state index contributed by atoms with van der Waals surface area (Å²) in [4.78, 5) is 17.8. The molecule has 8 heteroatoms. The van der Waals surface area contributed by atoms with E-state index in [1.54, 1.807) is 0 Å². The number of hydrogen-bond donors (Lipinski definition) is 1. The smallest absolute Gasteiger partial charge is 0.412 e. The Labute approximate surface area is 231 Å². The molecule has 2 aliphatic rings. The van der Waals surface area contributed by atoms with Gasteiger partial charge in [0.15, 0.2) is 0 Å². The molecule has 2 aliphatic heterocycles. The molecule has 0 atom stereocenters. The molecule has 0 saturated carbocycles. The normalized spacial score (nSPS) is 16.6. The van der Waals surface area contributed by atoms with E-state index in [0.29, 0.717) is 12.3 Å². The van der Waals surface area contributed by atoms with Crippen molar-refractivity contribution in [1.29, 1.82) is 0 Å². The quantitative estimate of drug-likeness (QED) is 0.251. The van der Waals surface area contributed by atoms with Crippen LogP contribution in [0.4, 0.5) is 10.5 Å². The maximum atomic E-state index is 12.9. The molecule has 1 aromatic carbocycles. The molecule has 3 rings (SSSR count). The van der Waals surface area contributed by atoms with E-state index in [1.165, 1.54) is 70.6 Å². The van der Waals surface area contributed by atoms with Crippen molar-refractivity contribution < 1.29 is 14.3 Å². The van der Waals surface area contributed by atoms with E-state index in [1.807, 2.05) is 24.3 Å². The number of ether oxygens (including phenoxy) is 2. The molecule has 0 aromatic heterocycles. The van der Waals surface area contributed by atoms with Crippen LogP contribution in [0.15, 0.2) is 24.3 Å². The first-order valence-corrected chi connectivity index (χ1v) is 13.9. The van der Waals surface area contributed by atoms with Gasteiger partial charge in [-0.2, -0.15) is 0 Å². The van der Waals surface area contributed by atoms with E-state index in [-0.39, 0.29) is 37.0 Å². The van der Waals surface area contributed by atoms with Crippen molar-refractivity contribution >= 4 is 36.6 Å². The lowest BCUT2D eigenvalue weighted by Gasteiger charge is -2.34. The summed E-state index contributed by atoms with van der Waals surface area (Å²) < 4.78 is 12.0. The first kappa shape index (κ1) is 32.8. The molecule has 0 bridgehead atoms. The number of rotatable bonds is 14. The van der Waals surface area contributed by atoms with Crippen molar-refractivity contribution in [3.63, 3.8) is 0 Å². The fraction of sp³-hybridized carbons (Fsp3) is 0.750. The lowest BCUT2D eigenvalue weighted by molar-refractivity contribution is 0.0438. The number of carbonyl (C=O) groups is 1. The Balaban J connectivity index is 0.00000324. The fourth-order valence-corrected chi connectivity index (χ4v) is 5.04. The minimum atomic E-state index is -0.380. The van der Waals surface area contributed by atoms with Gasteiger partial charge in [0.25, 0.3) is 0 Å². The average Bonchev–Trinajstić information content (AvgIpc) is 2.85. The Hall–Kier alpha value is -1.21. The van der Waals surface area contributed by atoms with Crippen LogP contribution >= 0.6 is 24.8 Å². The van der Waals surface area contributed by atoms with Crippen LogP contribution in [-0.4, -0.2) is 67.9 Å². The summed E-state index contributed by atoms with van der Waals surface area (Å²) in [6.45, 7) is 8.98. The van der Waals surface area contributed by atoms with Crippen molar-refractivity contribution in [2.24, 2.45) is 0 Å². The molecule has 2 fully saturated rings. The Kier molecular flexibility index (Phi) is 18.1. The van der Waals surface area contributed by atoms with Crippen LogP contribution in [-0.2, 0) is 4.74 Å². The number of amides is 1. The first-order chi connectivity index (χ1) is 16.7. The number of benzene rings is 1. The summed E-state index contributed by atoms with van der Waals surface area (Å²) in [6, 6.07) is 7.68. The summed E-state index contributed by atoms with van der Waals surface area (Å²) in [5.74, 6) is 0.719. The number of nitrogens with one attached hydrogen (secondary N) is 1. The van der Waals surface area contributed by atoms with Crippen molar-refractivity contribution in [3.8, 4) is 5.75 Å². The van der Waals surface area contributed by atoms with E-state index in [9.17, 15) is 4.79 Å². The summed E-state index contributed by atoms with van der Waals surface area (Å²) in [7, 11) is 0. The molecule has 6 nitrogen and oxygen atoms in total. The highest BCUT2D eigenvalue weighted by atomic mass is 35.5. The number of nitrogens with zero attached hydrogens (tertiary/aromatic N) is 2. The predicted molar refractivity (Wildman–Crippen MR) is 154 cm³/mol. The second-order valence-corrected chi connectivity index (χ2v) is 9.99. The molecule has 0 radical (unpaired) electrons. The zero-order valence-electron chi connectivity index (χ0n) is 22.3. The van der Waals surface area contributed by atoms with Crippen molar-refractivity contribution in [3.05, 3.63) is 24.3 Å². The van der Waals surface area contributed by atoms with Gasteiger partial charge in [0.05, 0.1) is 12.3 Å². The molecule has 1 amide bonds. The summed E-state index contributed by atoms with van der Waals surface area (Å²) >= 11 is 0. The maximum absolute atomic E-state index is 12.9. The summed E-state index contributed by atoms with van der Waals surface area (Å²) in [6.07, 6.45) is 14.5. The van der Waals surface area contributed by atoms with Gasteiger partial charge in [-0.1, -0.05) is 64.0 Å². The minimum Gasteiger partial charge on any atom is -0.491 e. The topological polar surface area (TPSA) is 54.0 Å². The number of carbonyl (C=O) groups excluding carboxylic acids is 1. The van der Waals surface area contributed by atoms with Crippen LogP contribution in [0.3, 0.4) is 0 Å². The third-order valence-corrected chi connectivity index (χ3v) is 6.97. The molecule has 1 aromatic rings. The second kappa shape index (κ2) is 19.8. The summed E-state index contributed by atoms with van der Waals surface area (Å²) in [5, 5.41) is 2.96. The van der Waals surface area contributed by atoms with Gasteiger partial charge in [0.1, 0.15) is 11.9 Å². The van der Waals surface area contributed by atoms with Gasteiger partial charge in [-0.15, -0.1) is 24.8 Å². The standard InChI is InChI=1S/C28H47N3O3.2ClH/c1-2-3-4-5-6-15-22-33-27-17-10-9-16-26(27)29-28(32)34-25(23-30-18-11-7-12-19-30)24-31-20-13-8-14-21-31;;/h9-10,16-17,25H,2-8,11-15,18-24H2,1H3,(H,29,32);2*1H. The van der Waals surface area contributed by atoms with Crippen LogP contribution in [0.1, 0.15) is 84.0 Å². The van der Waals surface area contributed by atoms with Gasteiger partial charge in [-0.25, -0.2) is 4.79 Å². The number of halogens is 2. The molecule has 0 spiro atoms. The maximum Gasteiger partial charge on any atom is 0.412 e. The first-order valence-electron chi connectivity index (χ1n) is 13.9. The molecule has 208 valence electrons. The van der Waals surface area contributed by atoms with Crippen LogP contribution in [0, 0.1) is 0 Å². The summed E-state index contributed by atoms with van der Waals surface area (Å²) in [5.41, 5.74) is 0.688. The van der Waals surface area contributed by atoms with Crippen LogP contribution in [0.2, 0.25) is 0 Å². The second-order valence-electron chi connectivity index (χ2n) is 9.99. The average molecular weight is 547 g/mol. The van der Waals surface area contributed by atoms with Crippen LogP contribution in [0.5, 0.6) is 5.75 Å². The molecule has 0 unspecified atom stereocenters. The third-order valence-electron chi connectivity index (χ3n) is 6.97. The molecule has 36 heavy (non-hydrogen) atoms. The number of unbranched alkanes of at least 4 members (excludes halogenated alkanes) is 5. The Morgan fingerprint density at radius 3 is 2.00 bits per heavy atom. The zero-order chi connectivity index (χ0) is 23.8. The Morgan fingerprint density at radius 2 is 1.39 bits per heavy atom. The number of hydrogen-bond acceptors (Lipinski definition) is 5. The monoisotopic (exact) mass is 545 g/mol. The predicted octanol–water partition coefficient (Wildman–Crippen LogP) is 7.16. The molecule has 2 saturated heterocycles. The molecule has 0 aliphatic carbocycles. The highest BCUT2D eigenvalue weighted by molar-refractivity contribution is 5.86. The van der Waals surface area contributed by atoms with Crippen LogP contribution in [0.25, 0.3) is 0 Å². The van der Waals surface area contributed by atoms with Crippen LogP contribution < -0.4 is 10.1 Å². The number of piperidine rings is 2. The minimum absolute atomic E-state index is 0. The van der Waals surface area contributed by atoms with Gasteiger partial charge in [-0.05, 0) is 70.4 Å². The van der Waals surface area contributed by atoms with Crippen molar-refractivity contribution in [1.82, 2.24) is 9.80 Å². The molecule has 2 heterocycles. The van der Waals surface area contributed by atoms with Gasteiger partial charge < -0.3 is 9.47 Å². The van der Waals surface area contributed by atoms with E-state index in [2.05, 4.69) is 22.0 Å². The Morgan fingerprint density at radius 1 is 0.833 bits per heavy atom. The van der Waals surface area contributed by atoms with E-state index >= 15 is 0 Å². The zero-order valence-corrected chi connectivity index (χ0v) is 23.9. The van der Waals surface area contributed by atoms with Gasteiger partial charge in [0, 0.05) is 13.1 Å². The van der Waals surface area contributed by atoms with Crippen molar-refractivity contribution in [2.75, 3.05) is 51.2 Å². The SMILES string of the molecule is CCCCCCCCOc1ccccc1NC(=O)OC(CN1CCCCC1)CN1CCCCC1.Cl.Cl.